The van der Waals surface area contributed by atoms with Crippen LogP contribution in [0.1, 0.15) is 0 Å². The normalized spacial score (nSPS) is 6.17. The van der Waals surface area contributed by atoms with Gasteiger partial charge in [0.2, 0.25) is 0 Å². The molecule has 0 aromatic carbocycles. The zero-order valence-corrected chi connectivity index (χ0v) is 8.14. The number of aliphatic carboxylic acids is 2. The third-order valence-electron chi connectivity index (χ3n) is 0.229. The first kappa shape index (κ1) is 22.7. The van der Waals surface area contributed by atoms with Crippen LogP contribution in [0.5, 0.6) is 0 Å². The Kier molecular flexibility index (Phi) is 32.5. The van der Waals surface area contributed by atoms with E-state index < -0.39 is 11.9 Å². The van der Waals surface area contributed by atoms with Crippen molar-refractivity contribution in [1.29, 1.82) is 0 Å². The molecule has 0 saturated heterocycles. The summed E-state index contributed by atoms with van der Waals surface area (Å²) in [6.07, 6.45) is 0. The molecule has 4 N–H and O–H groups in total. The van der Waals surface area contributed by atoms with Crippen molar-refractivity contribution in [3.05, 3.63) is 0 Å². The van der Waals surface area contributed by atoms with Crippen molar-refractivity contribution in [3.8, 4) is 0 Å². The van der Waals surface area contributed by atoms with Crippen LogP contribution >= 0.6 is 23.2 Å². The summed E-state index contributed by atoms with van der Waals surface area (Å²) in [5.74, 6) is -2.57. The molecule has 5 nitrogen and oxygen atoms in total. The second kappa shape index (κ2) is 17.2. The maximum absolute atomic E-state index is 9.24. The summed E-state index contributed by atoms with van der Waals surface area (Å²) in [6, 6.07) is 0. The van der Waals surface area contributed by atoms with E-state index in [0.29, 0.717) is 0 Å². The Hall–Kier alpha value is -0.000519. The van der Waals surface area contributed by atoms with E-state index >= 15 is 0 Å². The topological polar surface area (TPSA) is 106 Å². The van der Waals surface area contributed by atoms with Gasteiger partial charge in [-0.2, -0.15) is 0 Å². The minimum atomic E-state index is -0.980. The molecule has 0 fully saturated rings. The Balaban J connectivity index is -0.0000000457. The van der Waals surface area contributed by atoms with Crippen LogP contribution in [-0.2, 0) is 26.7 Å². The van der Waals surface area contributed by atoms with Crippen LogP contribution in [0, 0.1) is 0 Å². The average molecular weight is 271 g/mol. The molecule has 0 aliphatic heterocycles. The quantitative estimate of drug-likeness (QED) is 0.535. The van der Waals surface area contributed by atoms with Crippen LogP contribution in [0.4, 0.5) is 0 Å². The van der Waals surface area contributed by atoms with Gasteiger partial charge in [-0.3, -0.25) is 9.59 Å². The standard InChI is InChI=1S/2C2H3ClO2.Cu.H2O/c2*3-1-2(4)5;;/h2*1H2,(H,4,5);;1H2. The van der Waals surface area contributed by atoms with Gasteiger partial charge >= 0.3 is 11.9 Å². The third-order valence-corrected chi connectivity index (χ3v) is 0.686. The summed E-state index contributed by atoms with van der Waals surface area (Å²) in [7, 11) is 0. The predicted molar refractivity (Wildman–Crippen MR) is 40.3 cm³/mol. The van der Waals surface area contributed by atoms with E-state index in [1.165, 1.54) is 0 Å². The van der Waals surface area contributed by atoms with Crippen molar-refractivity contribution < 1.29 is 42.3 Å². The van der Waals surface area contributed by atoms with Crippen molar-refractivity contribution in [2.45, 2.75) is 0 Å². The molecule has 0 aromatic rings. The van der Waals surface area contributed by atoms with Gasteiger partial charge in [0.1, 0.15) is 11.8 Å². The molecule has 0 spiro atoms. The van der Waals surface area contributed by atoms with Crippen molar-refractivity contribution in [2.75, 3.05) is 11.8 Å². The molecule has 8 heteroatoms. The van der Waals surface area contributed by atoms with Crippen LogP contribution in [0.15, 0.2) is 0 Å². The molecule has 0 heterocycles. The van der Waals surface area contributed by atoms with Gasteiger partial charge in [0.25, 0.3) is 0 Å². The van der Waals surface area contributed by atoms with E-state index in [1.807, 2.05) is 0 Å². The Labute approximate surface area is 89.4 Å². The van der Waals surface area contributed by atoms with E-state index in [0.717, 1.165) is 0 Å². The van der Waals surface area contributed by atoms with Gasteiger partial charge in [0.15, 0.2) is 0 Å². The summed E-state index contributed by atoms with van der Waals surface area (Å²) in [5.41, 5.74) is 0. The van der Waals surface area contributed by atoms with Gasteiger partial charge in [0.05, 0.1) is 0 Å². The SMILES string of the molecule is O.O=C(O)CCl.O=C(O)CCl.[Cu]. The average Bonchev–Trinajstić information content (AvgIpc) is 1.89. The van der Waals surface area contributed by atoms with Crippen molar-refractivity contribution >= 4 is 35.1 Å². The number of hydrogen-bond acceptors (Lipinski definition) is 2. The molecule has 0 aliphatic rings. The molecule has 0 unspecified atom stereocenters. The zero-order valence-electron chi connectivity index (χ0n) is 5.68. The van der Waals surface area contributed by atoms with Crippen molar-refractivity contribution in [2.24, 2.45) is 0 Å². The summed E-state index contributed by atoms with van der Waals surface area (Å²) >= 11 is 9.47. The first-order valence-electron chi connectivity index (χ1n) is 2.10. The molecule has 0 amide bonds. The minimum absolute atomic E-state index is 0. The minimum Gasteiger partial charge on any atom is -0.480 e. The fourth-order valence-electron chi connectivity index (χ4n) is 0. The number of carboxylic acids is 2. The number of rotatable bonds is 2. The Morgan fingerprint density at radius 2 is 1.08 bits per heavy atom. The zero-order chi connectivity index (χ0) is 8.57. The first-order chi connectivity index (χ1) is 4.54. The predicted octanol–water partition coefficient (Wildman–Crippen LogP) is -0.208. The molecular weight excluding hydrogens is 262 g/mol. The summed E-state index contributed by atoms with van der Waals surface area (Å²) in [4.78, 5) is 18.5. The molecule has 79 valence electrons. The van der Waals surface area contributed by atoms with Gasteiger partial charge < -0.3 is 15.7 Å². The molecular formula is C4H8Cl2CuO5. The molecule has 12 heavy (non-hydrogen) atoms. The van der Waals surface area contributed by atoms with Crippen molar-refractivity contribution in [1.82, 2.24) is 0 Å². The van der Waals surface area contributed by atoms with Crippen LogP contribution in [0.2, 0.25) is 0 Å². The Bertz CT molecular complexity index is 106. The number of carboxylic acid groups (broad SMARTS) is 2. The van der Waals surface area contributed by atoms with E-state index in [4.69, 9.17) is 33.4 Å². The third kappa shape index (κ3) is 50.6. The maximum atomic E-state index is 9.24. The summed E-state index contributed by atoms with van der Waals surface area (Å²) in [5, 5.41) is 15.2. The first-order valence-corrected chi connectivity index (χ1v) is 3.17. The molecule has 1 radical (unpaired) electrons. The molecule has 0 saturated carbocycles. The molecule has 0 bridgehead atoms. The van der Waals surface area contributed by atoms with Gasteiger partial charge in [-0.25, -0.2) is 0 Å². The largest absolute Gasteiger partial charge is 0.480 e. The number of alkyl halides is 2. The summed E-state index contributed by atoms with van der Waals surface area (Å²) in [6.45, 7) is 0. The fourth-order valence-corrected chi connectivity index (χ4v) is 0. The molecule has 0 atom stereocenters. The summed E-state index contributed by atoms with van der Waals surface area (Å²) < 4.78 is 0. The van der Waals surface area contributed by atoms with Gasteiger partial charge in [-0.1, -0.05) is 0 Å². The number of hydrogen-bond donors (Lipinski definition) is 2. The smallest absolute Gasteiger partial charge is 0.318 e. The number of carbonyl (C=O) groups is 2. The Morgan fingerprint density at radius 3 is 1.08 bits per heavy atom. The second-order valence-electron chi connectivity index (χ2n) is 1.05. The van der Waals surface area contributed by atoms with Gasteiger partial charge in [-0.15, -0.1) is 23.2 Å². The second-order valence-corrected chi connectivity index (χ2v) is 1.59. The monoisotopic (exact) mass is 269 g/mol. The van der Waals surface area contributed by atoms with E-state index in [9.17, 15) is 9.59 Å². The van der Waals surface area contributed by atoms with Crippen LogP contribution in [0.25, 0.3) is 0 Å². The molecule has 0 rings (SSSR count). The van der Waals surface area contributed by atoms with Gasteiger partial charge in [0, 0.05) is 17.1 Å². The van der Waals surface area contributed by atoms with Crippen LogP contribution in [-0.4, -0.2) is 39.4 Å². The molecule has 0 aliphatic carbocycles. The Morgan fingerprint density at radius 1 is 1.00 bits per heavy atom. The van der Waals surface area contributed by atoms with Crippen molar-refractivity contribution in [3.63, 3.8) is 0 Å². The van der Waals surface area contributed by atoms with Crippen LogP contribution in [0.3, 0.4) is 0 Å². The van der Waals surface area contributed by atoms with Gasteiger partial charge in [-0.05, 0) is 0 Å². The molecule has 0 aromatic heterocycles. The fraction of sp³-hybridized carbons (Fsp3) is 0.500. The van der Waals surface area contributed by atoms with Crippen LogP contribution < -0.4 is 0 Å². The van der Waals surface area contributed by atoms with E-state index in [2.05, 4.69) is 0 Å². The van der Waals surface area contributed by atoms with E-state index in [-0.39, 0.29) is 34.3 Å². The number of halogens is 2. The maximum Gasteiger partial charge on any atom is 0.318 e. The van der Waals surface area contributed by atoms with E-state index in [1.54, 1.807) is 0 Å².